The number of carbonyl (C=O) groups excluding carboxylic acids is 1. The number of hydrogen-bond acceptors (Lipinski definition) is 5. The van der Waals surface area contributed by atoms with Gasteiger partial charge in [0.25, 0.3) is 5.91 Å². The standard InChI is InChI=1S/C12H18N4O2/c1-8-7-18-5-4-9(8)6-14-11-3-2-10(12(13)17)15-16-11/h2-3,8-9H,4-7H2,1H3,(H2,13,17)(H,14,16). The van der Waals surface area contributed by atoms with Crippen LogP contribution in [0.25, 0.3) is 0 Å². The first-order valence-corrected chi connectivity index (χ1v) is 6.12. The molecule has 0 bridgehead atoms. The molecule has 0 aliphatic carbocycles. The van der Waals surface area contributed by atoms with Crippen molar-refractivity contribution in [2.24, 2.45) is 17.6 Å². The van der Waals surface area contributed by atoms with E-state index in [1.165, 1.54) is 0 Å². The number of hydrogen-bond donors (Lipinski definition) is 2. The van der Waals surface area contributed by atoms with Gasteiger partial charge in [-0.2, -0.15) is 0 Å². The molecule has 2 rings (SSSR count). The van der Waals surface area contributed by atoms with Crippen LogP contribution in [-0.2, 0) is 4.74 Å². The Labute approximate surface area is 106 Å². The molecule has 1 amide bonds. The molecule has 0 radical (unpaired) electrons. The Morgan fingerprint density at radius 1 is 1.56 bits per heavy atom. The summed E-state index contributed by atoms with van der Waals surface area (Å²) in [5.74, 6) is 1.23. The summed E-state index contributed by atoms with van der Waals surface area (Å²) in [5.41, 5.74) is 5.28. The van der Waals surface area contributed by atoms with Gasteiger partial charge < -0.3 is 15.8 Å². The average molecular weight is 250 g/mol. The van der Waals surface area contributed by atoms with Crippen LogP contribution in [0, 0.1) is 11.8 Å². The average Bonchev–Trinajstić information content (AvgIpc) is 2.38. The fourth-order valence-electron chi connectivity index (χ4n) is 2.02. The second kappa shape index (κ2) is 5.77. The molecule has 18 heavy (non-hydrogen) atoms. The van der Waals surface area contributed by atoms with Crippen molar-refractivity contribution in [3.63, 3.8) is 0 Å². The van der Waals surface area contributed by atoms with E-state index in [1.54, 1.807) is 12.1 Å². The minimum absolute atomic E-state index is 0.181. The number of nitrogens with two attached hydrogens (primary N) is 1. The third-order valence-corrected chi connectivity index (χ3v) is 3.28. The van der Waals surface area contributed by atoms with Crippen LogP contribution in [0.3, 0.4) is 0 Å². The number of primary amides is 1. The molecule has 0 aromatic carbocycles. The van der Waals surface area contributed by atoms with Crippen molar-refractivity contribution in [3.8, 4) is 0 Å². The van der Waals surface area contributed by atoms with Crippen molar-refractivity contribution in [2.45, 2.75) is 13.3 Å². The van der Waals surface area contributed by atoms with Gasteiger partial charge in [0.1, 0.15) is 5.82 Å². The first kappa shape index (κ1) is 12.8. The van der Waals surface area contributed by atoms with Crippen molar-refractivity contribution in [1.29, 1.82) is 0 Å². The van der Waals surface area contributed by atoms with Gasteiger partial charge in [-0.15, -0.1) is 10.2 Å². The maximum Gasteiger partial charge on any atom is 0.269 e. The third-order valence-electron chi connectivity index (χ3n) is 3.28. The van der Waals surface area contributed by atoms with Crippen molar-refractivity contribution in [1.82, 2.24) is 10.2 Å². The van der Waals surface area contributed by atoms with Gasteiger partial charge in [-0.1, -0.05) is 6.92 Å². The van der Waals surface area contributed by atoms with Crippen LogP contribution in [0.15, 0.2) is 12.1 Å². The Morgan fingerprint density at radius 3 is 3.00 bits per heavy atom. The van der Waals surface area contributed by atoms with Crippen LogP contribution in [0.2, 0.25) is 0 Å². The number of rotatable bonds is 4. The molecule has 1 aromatic heterocycles. The molecule has 1 fully saturated rings. The Morgan fingerprint density at radius 2 is 2.39 bits per heavy atom. The fourth-order valence-corrected chi connectivity index (χ4v) is 2.02. The summed E-state index contributed by atoms with van der Waals surface area (Å²) in [4.78, 5) is 10.8. The number of carbonyl (C=O) groups is 1. The Balaban J connectivity index is 1.87. The van der Waals surface area contributed by atoms with Gasteiger partial charge in [-0.05, 0) is 30.4 Å². The van der Waals surface area contributed by atoms with Gasteiger partial charge in [-0.25, -0.2) is 0 Å². The van der Waals surface area contributed by atoms with Crippen LogP contribution >= 0.6 is 0 Å². The number of anilines is 1. The van der Waals surface area contributed by atoms with E-state index >= 15 is 0 Å². The highest BCUT2D eigenvalue weighted by atomic mass is 16.5. The van der Waals surface area contributed by atoms with Crippen LogP contribution in [-0.4, -0.2) is 35.9 Å². The summed E-state index contributed by atoms with van der Waals surface area (Å²) in [5, 5.41) is 10.9. The lowest BCUT2D eigenvalue weighted by molar-refractivity contribution is 0.0284. The summed E-state index contributed by atoms with van der Waals surface area (Å²) in [6.45, 7) is 4.67. The summed E-state index contributed by atoms with van der Waals surface area (Å²) >= 11 is 0. The Bertz CT molecular complexity index is 407. The highest BCUT2D eigenvalue weighted by Crippen LogP contribution is 2.21. The molecule has 2 atom stereocenters. The molecule has 3 N–H and O–H groups in total. The number of ether oxygens (including phenoxy) is 1. The van der Waals surface area contributed by atoms with E-state index in [0.717, 1.165) is 26.2 Å². The van der Waals surface area contributed by atoms with Crippen molar-refractivity contribution >= 4 is 11.7 Å². The maximum absolute atomic E-state index is 10.8. The van der Waals surface area contributed by atoms with Crippen LogP contribution in [0.5, 0.6) is 0 Å². The lowest BCUT2D eigenvalue weighted by Crippen LogP contribution is -2.30. The molecule has 2 heterocycles. The first-order chi connectivity index (χ1) is 8.66. The molecule has 98 valence electrons. The fraction of sp³-hybridized carbons (Fsp3) is 0.583. The summed E-state index contributed by atoms with van der Waals surface area (Å²) in [6, 6.07) is 3.29. The summed E-state index contributed by atoms with van der Waals surface area (Å²) < 4.78 is 5.40. The quantitative estimate of drug-likeness (QED) is 0.819. The van der Waals surface area contributed by atoms with Crippen molar-refractivity contribution in [2.75, 3.05) is 25.1 Å². The Hall–Kier alpha value is -1.69. The molecule has 1 aliphatic rings. The topological polar surface area (TPSA) is 90.1 Å². The maximum atomic E-state index is 10.8. The highest BCUT2D eigenvalue weighted by Gasteiger charge is 2.21. The molecule has 0 saturated carbocycles. The molecule has 6 heteroatoms. The molecule has 1 aromatic rings. The van der Waals surface area contributed by atoms with Crippen LogP contribution in [0.1, 0.15) is 23.8 Å². The predicted octanol–water partition coefficient (Wildman–Crippen LogP) is 0.660. The SMILES string of the molecule is CC1COCCC1CNc1ccc(C(N)=O)nn1. The minimum atomic E-state index is -0.563. The highest BCUT2D eigenvalue weighted by molar-refractivity contribution is 5.90. The number of nitrogens with zero attached hydrogens (tertiary/aromatic N) is 2. The second-order valence-electron chi connectivity index (χ2n) is 4.65. The number of aromatic nitrogens is 2. The zero-order valence-corrected chi connectivity index (χ0v) is 10.4. The van der Waals surface area contributed by atoms with Gasteiger partial charge in [0.2, 0.25) is 0 Å². The van der Waals surface area contributed by atoms with Crippen LogP contribution in [0.4, 0.5) is 5.82 Å². The molecular weight excluding hydrogens is 232 g/mol. The monoisotopic (exact) mass is 250 g/mol. The number of amides is 1. The van der Waals surface area contributed by atoms with E-state index in [9.17, 15) is 4.79 Å². The third kappa shape index (κ3) is 3.16. The molecule has 6 nitrogen and oxygen atoms in total. The minimum Gasteiger partial charge on any atom is -0.381 e. The summed E-state index contributed by atoms with van der Waals surface area (Å²) in [7, 11) is 0. The summed E-state index contributed by atoms with van der Waals surface area (Å²) in [6.07, 6.45) is 1.06. The van der Waals surface area contributed by atoms with E-state index in [0.29, 0.717) is 17.7 Å². The lowest BCUT2D eigenvalue weighted by Gasteiger charge is -2.28. The normalized spacial score (nSPS) is 23.6. The largest absolute Gasteiger partial charge is 0.381 e. The van der Waals surface area contributed by atoms with Gasteiger partial charge in [0.15, 0.2) is 5.69 Å². The first-order valence-electron chi connectivity index (χ1n) is 6.12. The van der Waals surface area contributed by atoms with Crippen LogP contribution < -0.4 is 11.1 Å². The van der Waals surface area contributed by atoms with E-state index in [1.807, 2.05) is 0 Å². The van der Waals surface area contributed by atoms with Gasteiger partial charge in [0.05, 0.1) is 0 Å². The Kier molecular flexibility index (Phi) is 4.09. The smallest absolute Gasteiger partial charge is 0.269 e. The van der Waals surface area contributed by atoms with E-state index in [-0.39, 0.29) is 5.69 Å². The van der Waals surface area contributed by atoms with Gasteiger partial charge >= 0.3 is 0 Å². The molecule has 2 unspecified atom stereocenters. The predicted molar refractivity (Wildman–Crippen MR) is 67.1 cm³/mol. The molecular formula is C12H18N4O2. The van der Waals surface area contributed by atoms with E-state index in [2.05, 4.69) is 22.4 Å². The zero-order chi connectivity index (χ0) is 13.0. The zero-order valence-electron chi connectivity index (χ0n) is 10.4. The van der Waals surface area contributed by atoms with Gasteiger partial charge in [-0.3, -0.25) is 4.79 Å². The molecule has 0 spiro atoms. The van der Waals surface area contributed by atoms with Crippen molar-refractivity contribution < 1.29 is 9.53 Å². The molecule has 1 aliphatic heterocycles. The van der Waals surface area contributed by atoms with Crippen molar-refractivity contribution in [3.05, 3.63) is 17.8 Å². The van der Waals surface area contributed by atoms with E-state index < -0.39 is 5.91 Å². The lowest BCUT2D eigenvalue weighted by atomic mass is 9.90. The van der Waals surface area contributed by atoms with E-state index in [4.69, 9.17) is 10.5 Å². The number of nitrogens with one attached hydrogen (secondary N) is 1. The van der Waals surface area contributed by atoms with Gasteiger partial charge in [0, 0.05) is 19.8 Å². The second-order valence-corrected chi connectivity index (χ2v) is 4.65. The molecule has 1 saturated heterocycles.